The Labute approximate surface area is 805 Å². The van der Waals surface area contributed by atoms with Crippen LogP contribution in [0.15, 0.2) is 318 Å². The molecule has 7 aromatic heterocycles. The third-order valence-corrected chi connectivity index (χ3v) is 18.9. The number of pyridine rings is 1. The fourth-order valence-electron chi connectivity index (χ4n) is 10.7. The average Bonchev–Trinajstić information content (AvgIpc) is 1.74. The van der Waals surface area contributed by atoms with Gasteiger partial charge >= 0.3 is 0 Å². The monoisotopic (exact) mass is 2940 g/mol. The van der Waals surface area contributed by atoms with Crippen LogP contribution in [0.5, 0.6) is 11.5 Å². The number of aliphatic hydroxyl groups is 1. The predicted molar refractivity (Wildman–Crippen MR) is 471 cm³/mol. The van der Waals surface area contributed by atoms with Gasteiger partial charge in [-0.1, -0.05) is 156 Å². The van der Waals surface area contributed by atoms with Gasteiger partial charge in [0.1, 0.15) is 31.8 Å². The van der Waals surface area contributed by atoms with Gasteiger partial charge in [0.25, 0.3) is 0 Å². The maximum Gasteiger partial charge on any atom is 0.189 e. The number of aromatic nitrogens is 13. The van der Waals surface area contributed by atoms with Crippen LogP contribution in [0.4, 0.5) is 0 Å². The molecule has 0 aliphatic heterocycles. The summed E-state index contributed by atoms with van der Waals surface area (Å²) in [7, 11) is 0. The van der Waals surface area contributed by atoms with Crippen molar-refractivity contribution >= 4 is 127 Å². The number of ketones is 1. The van der Waals surface area contributed by atoms with E-state index in [2.05, 4.69) is 239 Å². The van der Waals surface area contributed by atoms with Crippen molar-refractivity contribution in [3.05, 3.63) is 399 Å². The molecule has 0 aliphatic rings. The Morgan fingerprint density at radius 2 is 0.913 bits per heavy atom. The largest absolute Gasteiger partial charge is 0.517 e. The quantitative estimate of drug-likeness (QED) is 0.0343. The zero-order valence-electron chi connectivity index (χ0n) is 61.9. The van der Waals surface area contributed by atoms with Crippen LogP contribution in [0.2, 0.25) is 0 Å². The molecule has 0 atom stereocenters. The normalized spacial score (nSPS) is 10.1. The van der Waals surface area contributed by atoms with Gasteiger partial charge in [-0.05, 0) is 208 Å². The van der Waals surface area contributed by atoms with E-state index in [9.17, 15) is 9.90 Å². The molecule has 0 saturated carbocycles. The van der Waals surface area contributed by atoms with Crippen molar-refractivity contribution in [2.45, 2.75) is 53.4 Å². The van der Waals surface area contributed by atoms with Crippen LogP contribution >= 0.6 is 116 Å². The second kappa shape index (κ2) is 52.3. The Morgan fingerprint density at radius 1 is 0.470 bits per heavy atom. The van der Waals surface area contributed by atoms with E-state index in [0.717, 1.165) is 94.6 Å². The number of imidazole rings is 1. The molecule has 16 rings (SSSR count). The number of hydrogen-bond acceptors (Lipinski definition) is 10. The number of allylic oxidation sites excluding steroid dienone is 1. The molecular weight excluding hydrogens is 2870 g/mol. The number of nitrogens with zero attached hydrogens (tertiary/aromatic N) is 13. The summed E-state index contributed by atoms with van der Waals surface area (Å²) in [6, 6.07) is 97.3. The number of benzene rings is 9. The number of rotatable bonds is 15. The minimum atomic E-state index is -0.202. The minimum Gasteiger partial charge on any atom is -0.517 e. The Morgan fingerprint density at radius 3 is 1.32 bits per heavy atom. The molecule has 0 fully saturated rings. The number of halogens is 6. The van der Waals surface area contributed by atoms with Crippen molar-refractivity contribution < 1.29 is 116 Å². The topological polar surface area (TPSA) is 166 Å². The molecule has 0 unspecified atom stereocenters. The van der Waals surface area contributed by atoms with Gasteiger partial charge in [-0.2, -0.15) is 116 Å². The fraction of sp³-hybridized carbons (Fsp3) is 0.0909. The Bertz CT molecular complexity index is 5300. The molecule has 0 spiro atoms. The van der Waals surface area contributed by atoms with E-state index in [1.54, 1.807) is 50.4 Å². The molecule has 27 heteroatoms. The number of carbonyl (C=O) groups excluding carboxylic acids is 1. The second-order valence-corrected chi connectivity index (χ2v) is 29.6. The van der Waals surface area contributed by atoms with Gasteiger partial charge in [0.05, 0.1) is 5.82 Å². The molecule has 1 N–H and O–H groups in total. The van der Waals surface area contributed by atoms with Gasteiger partial charge in [-0.25, -0.2) is 0 Å². The van der Waals surface area contributed by atoms with Crippen LogP contribution in [-0.2, 0) is 101 Å². The molecule has 4 radical (unpaired) electrons. The van der Waals surface area contributed by atoms with Crippen LogP contribution in [0.25, 0.3) is 51.3 Å². The minimum absolute atomic E-state index is 0. The van der Waals surface area contributed by atoms with Crippen molar-refractivity contribution in [1.82, 2.24) is 63.4 Å². The Balaban J connectivity index is 0.000000240. The molecule has 600 valence electrons. The summed E-state index contributed by atoms with van der Waals surface area (Å²) >= 11 is 16.7. The number of aryl methyl sites for hydroxylation is 3. The Kier molecular flexibility index (Phi) is 45.0. The van der Waals surface area contributed by atoms with E-state index in [1.165, 1.54) is 28.5 Å². The van der Waals surface area contributed by atoms with E-state index >= 15 is 0 Å². The summed E-state index contributed by atoms with van der Waals surface area (Å²) in [5, 5.41) is 31.1. The van der Waals surface area contributed by atoms with Crippen molar-refractivity contribution in [2.24, 2.45) is 0 Å². The zero-order chi connectivity index (χ0) is 77.6. The first-order valence-corrected chi connectivity index (χ1v) is 40.0. The van der Waals surface area contributed by atoms with Gasteiger partial charge in [-0.15, -0.1) is 66.2 Å². The standard InChI is InChI=1S/C18H16BrN2.C15H10IN2O.C15H12O2.C13H15BrN3.C9H6BrN2.2C9H6IN2.4Ir.Pt/c1-12-9-13(2)17(14(3)10-12)21-8-7-20-18(21)15-5-4-6-16(19)11-15;16-15-10-11-18(17-15)12-6-8-14(9-7-12)19-13-4-2-1-3-5-13;16-14(12-7-3-1-4-8-12)11-15(17)13-9-5-2-6-10-13;1-3-10(4-2)12-6-5-11(9-15-12)17-8-7-13(14)16-17;3*10-9-6-7-12(11-9)8-4-2-1-3-5-8;;;;;/h4,6-11H,1-3H3;1-6,8-11H;1-11,16H;6-10H,3-4H2,1-2H3;3*1-4,6-7H;;;;;/q2*-1;;4*-1;;;;;. The molecule has 7 heterocycles. The maximum atomic E-state index is 11.8. The van der Waals surface area contributed by atoms with Crippen molar-refractivity contribution in [3.8, 4) is 57.0 Å². The summed E-state index contributed by atoms with van der Waals surface area (Å²) in [5.41, 5.74) is 12.9. The van der Waals surface area contributed by atoms with Gasteiger partial charge in [-0.3, -0.25) is 33.2 Å². The van der Waals surface area contributed by atoms with Crippen LogP contribution in [0, 0.1) is 68.3 Å². The average molecular weight is 2940 g/mol. The first kappa shape index (κ1) is 98.9. The third kappa shape index (κ3) is 31.5. The summed E-state index contributed by atoms with van der Waals surface area (Å²) in [6.45, 7) is 10.8. The number of para-hydroxylation sites is 4. The number of aliphatic hydroxyl groups excluding tert-OH is 1. The van der Waals surface area contributed by atoms with Crippen LogP contribution in [0.3, 0.4) is 0 Å². The first-order valence-electron chi connectivity index (χ1n) is 34.4. The molecule has 9 aromatic carbocycles. The summed E-state index contributed by atoms with van der Waals surface area (Å²) in [6.07, 6.45) is 18.7. The predicted octanol–water partition coefficient (Wildman–Crippen LogP) is 23.3. The summed E-state index contributed by atoms with van der Waals surface area (Å²) < 4.78 is 22.4. The summed E-state index contributed by atoms with van der Waals surface area (Å²) in [4.78, 5) is 20.8. The molecule has 16 aromatic rings. The first-order chi connectivity index (χ1) is 53.5. The van der Waals surface area contributed by atoms with E-state index in [0.29, 0.717) is 17.0 Å². The number of hydrogen-bond donors (Lipinski definition) is 1. The smallest absolute Gasteiger partial charge is 0.189 e. The van der Waals surface area contributed by atoms with Gasteiger partial charge in [0, 0.05) is 174 Å². The van der Waals surface area contributed by atoms with Gasteiger partial charge in [0.2, 0.25) is 0 Å². The molecule has 0 aliphatic carbocycles. The van der Waals surface area contributed by atoms with Crippen LogP contribution in [-0.4, -0.2) is 74.3 Å². The van der Waals surface area contributed by atoms with Crippen LogP contribution in [0.1, 0.15) is 70.9 Å². The maximum absolute atomic E-state index is 11.8. The third-order valence-electron chi connectivity index (χ3n) is 15.9. The fourth-order valence-corrected chi connectivity index (χ4v) is 12.8. The number of carbonyl (C=O) groups is 1. The molecule has 0 amide bonds. The summed E-state index contributed by atoms with van der Waals surface area (Å²) in [5.74, 6) is 2.80. The van der Waals surface area contributed by atoms with E-state index in [1.807, 2.05) is 259 Å². The van der Waals surface area contributed by atoms with Crippen LogP contribution < -0.4 is 4.74 Å². The SMILES string of the molecule is Brc1ccn(-c2[c-]cccc2)n1.CCC(CC)c1c[c-]c(-n2ccc(Br)n2)cn1.Cc1cc(C)c(-n2ccnc2-c2[c-]ccc(Br)c2)c(C)c1.Ic1ccn(-c2[c-]cc(Oc3ccccc3)cc2)n1.Ic1ccn(-c2[c-]cccc2)n1.Ic1ccn(-c2[c-]cccc2)n1.O=C(C=C(O)c1ccccc1)c1ccccc1.[Ir].[Ir].[Ir].[Ir].[Pt]. The van der Waals surface area contributed by atoms with Gasteiger partial charge < -0.3 is 19.4 Å². The van der Waals surface area contributed by atoms with E-state index < -0.39 is 0 Å². The number of ether oxygens (including phenoxy) is 1. The second-order valence-electron chi connectivity index (χ2n) is 23.8. The Hall–Kier alpha value is -6.68. The molecule has 0 saturated heterocycles. The van der Waals surface area contributed by atoms with E-state index in [4.69, 9.17) is 4.74 Å². The van der Waals surface area contributed by atoms with Gasteiger partial charge in [0.15, 0.2) is 5.78 Å². The zero-order valence-corrected chi connectivity index (χ0v) is 84.9. The van der Waals surface area contributed by atoms with E-state index in [-0.39, 0.29) is 113 Å². The molecular formula is C88H71Br3I3Ir4N13O3Pt-6. The van der Waals surface area contributed by atoms with Crippen molar-refractivity contribution in [3.63, 3.8) is 0 Å². The molecule has 115 heavy (non-hydrogen) atoms. The molecule has 16 nitrogen and oxygen atoms in total. The van der Waals surface area contributed by atoms with Crippen molar-refractivity contribution in [2.75, 3.05) is 0 Å². The molecule has 0 bridgehead atoms. The van der Waals surface area contributed by atoms with Crippen molar-refractivity contribution in [1.29, 1.82) is 0 Å².